The van der Waals surface area contributed by atoms with Crippen LogP contribution in [0.1, 0.15) is 22.8 Å². The molecule has 1 aliphatic rings. The van der Waals surface area contributed by atoms with E-state index in [4.69, 9.17) is 9.47 Å². The fourth-order valence-corrected chi connectivity index (χ4v) is 3.07. The number of fused-ring (bicyclic) bond motifs is 2. The van der Waals surface area contributed by atoms with E-state index in [-0.39, 0.29) is 24.9 Å². The van der Waals surface area contributed by atoms with Gasteiger partial charge in [0.1, 0.15) is 0 Å². The van der Waals surface area contributed by atoms with Crippen molar-refractivity contribution in [3.05, 3.63) is 65.7 Å². The van der Waals surface area contributed by atoms with Crippen molar-refractivity contribution in [3.8, 4) is 11.5 Å². The van der Waals surface area contributed by atoms with Gasteiger partial charge in [0.05, 0.1) is 12.1 Å². The molecule has 5 nitrogen and oxygen atoms in total. The lowest BCUT2D eigenvalue weighted by atomic mass is 10.0. The van der Waals surface area contributed by atoms with Gasteiger partial charge in [-0.25, -0.2) is 0 Å². The van der Waals surface area contributed by atoms with Crippen molar-refractivity contribution in [2.75, 3.05) is 12.1 Å². The van der Waals surface area contributed by atoms with Crippen LogP contribution in [0.15, 0.2) is 54.6 Å². The zero-order valence-electron chi connectivity index (χ0n) is 14.2. The molecule has 26 heavy (non-hydrogen) atoms. The normalized spacial score (nSPS) is 12.2. The Labute approximate surface area is 150 Å². The number of amides is 1. The van der Waals surface area contributed by atoms with Gasteiger partial charge < -0.3 is 14.8 Å². The Morgan fingerprint density at radius 1 is 0.962 bits per heavy atom. The van der Waals surface area contributed by atoms with Crippen molar-refractivity contribution in [1.29, 1.82) is 0 Å². The van der Waals surface area contributed by atoms with Gasteiger partial charge in [0.2, 0.25) is 12.7 Å². The molecule has 0 atom stereocenters. The molecule has 1 aliphatic heterocycles. The van der Waals surface area contributed by atoms with Crippen LogP contribution in [0.25, 0.3) is 10.8 Å². The number of ether oxygens (including phenoxy) is 2. The summed E-state index contributed by atoms with van der Waals surface area (Å²) in [5.74, 6) is 0.699. The number of carbonyl (C=O) groups excluding carboxylic acids is 2. The molecule has 5 heteroatoms. The van der Waals surface area contributed by atoms with Crippen LogP contribution >= 0.6 is 0 Å². The summed E-state index contributed by atoms with van der Waals surface area (Å²) in [6.07, 6.45) is 0.219. The minimum absolute atomic E-state index is 0.112. The highest BCUT2D eigenvalue weighted by Crippen LogP contribution is 2.37. The van der Waals surface area contributed by atoms with Crippen LogP contribution in [-0.2, 0) is 11.2 Å². The molecule has 0 fully saturated rings. The number of carbonyl (C=O) groups is 2. The molecule has 0 bridgehead atoms. The van der Waals surface area contributed by atoms with Crippen molar-refractivity contribution in [1.82, 2.24) is 0 Å². The van der Waals surface area contributed by atoms with Gasteiger partial charge in [-0.1, -0.05) is 42.5 Å². The van der Waals surface area contributed by atoms with Crippen LogP contribution in [-0.4, -0.2) is 18.5 Å². The van der Waals surface area contributed by atoms with Crippen LogP contribution in [0.5, 0.6) is 11.5 Å². The largest absolute Gasteiger partial charge is 0.454 e. The number of rotatable bonds is 4. The first kappa shape index (κ1) is 16.1. The number of hydrogen-bond acceptors (Lipinski definition) is 4. The molecule has 1 amide bonds. The van der Waals surface area contributed by atoms with Crippen LogP contribution in [0.4, 0.5) is 5.69 Å². The number of hydrogen-bond donors (Lipinski definition) is 1. The second kappa shape index (κ2) is 6.52. The predicted molar refractivity (Wildman–Crippen MR) is 98.9 cm³/mol. The Hall–Kier alpha value is -3.34. The molecule has 3 aromatic rings. The zero-order valence-corrected chi connectivity index (χ0v) is 14.2. The van der Waals surface area contributed by atoms with Crippen molar-refractivity contribution in [2.24, 2.45) is 0 Å². The first-order valence-corrected chi connectivity index (χ1v) is 8.32. The Morgan fingerprint density at radius 3 is 2.46 bits per heavy atom. The summed E-state index contributed by atoms with van der Waals surface area (Å²) in [7, 11) is 0. The van der Waals surface area contributed by atoms with E-state index in [1.165, 1.54) is 6.92 Å². The molecule has 130 valence electrons. The fourth-order valence-electron chi connectivity index (χ4n) is 3.07. The van der Waals surface area contributed by atoms with E-state index in [1.807, 2.05) is 42.5 Å². The van der Waals surface area contributed by atoms with Crippen molar-refractivity contribution >= 4 is 28.2 Å². The number of Topliss-reactive ketones (excluding diaryl/α,β-unsaturated/α-hetero) is 1. The molecule has 0 radical (unpaired) electrons. The molecular weight excluding hydrogens is 330 g/mol. The second-order valence-electron chi connectivity index (χ2n) is 6.21. The van der Waals surface area contributed by atoms with Crippen LogP contribution in [0.2, 0.25) is 0 Å². The summed E-state index contributed by atoms with van der Waals surface area (Å²) in [5.41, 5.74) is 1.75. The lowest BCUT2D eigenvalue weighted by Crippen LogP contribution is -2.16. The average molecular weight is 347 g/mol. The van der Waals surface area contributed by atoms with E-state index in [2.05, 4.69) is 5.32 Å². The number of benzene rings is 3. The number of nitrogens with one attached hydrogen (secondary N) is 1. The summed E-state index contributed by atoms with van der Waals surface area (Å²) in [6.45, 7) is 1.57. The molecule has 0 aromatic heterocycles. The highest BCUT2D eigenvalue weighted by atomic mass is 16.7. The van der Waals surface area contributed by atoms with Crippen LogP contribution in [0, 0.1) is 0 Å². The highest BCUT2D eigenvalue weighted by molar-refractivity contribution is 6.05. The summed E-state index contributed by atoms with van der Waals surface area (Å²) in [6, 6.07) is 17.2. The van der Waals surface area contributed by atoms with Gasteiger partial charge in [-0.15, -0.1) is 0 Å². The first-order chi connectivity index (χ1) is 12.6. The molecule has 0 spiro atoms. The highest BCUT2D eigenvalue weighted by Gasteiger charge is 2.20. The maximum atomic E-state index is 12.5. The minimum Gasteiger partial charge on any atom is -0.454 e. The van der Waals surface area contributed by atoms with Gasteiger partial charge in [-0.2, -0.15) is 0 Å². The third-order valence-electron chi connectivity index (χ3n) is 4.34. The summed E-state index contributed by atoms with van der Waals surface area (Å²) in [4.78, 5) is 24.4. The van der Waals surface area contributed by atoms with E-state index < -0.39 is 0 Å². The van der Waals surface area contributed by atoms with Gasteiger partial charge in [0.25, 0.3) is 0 Å². The lowest BCUT2D eigenvalue weighted by molar-refractivity contribution is -0.115. The molecule has 0 unspecified atom stereocenters. The molecule has 0 saturated carbocycles. The predicted octanol–water partition coefficient (Wildman–Crippen LogP) is 3.95. The Kier molecular flexibility index (Phi) is 4.05. The first-order valence-electron chi connectivity index (χ1n) is 8.32. The van der Waals surface area contributed by atoms with E-state index in [1.54, 1.807) is 12.1 Å². The van der Waals surface area contributed by atoms with Crippen molar-refractivity contribution < 1.29 is 19.1 Å². The minimum atomic E-state index is -0.193. The number of ketones is 1. The van der Waals surface area contributed by atoms with Gasteiger partial charge in [0, 0.05) is 11.6 Å². The van der Waals surface area contributed by atoms with Crippen LogP contribution in [0.3, 0.4) is 0 Å². The summed E-state index contributed by atoms with van der Waals surface area (Å²) in [5, 5.41) is 5.04. The Bertz CT molecular complexity index is 1030. The maximum absolute atomic E-state index is 12.5. The van der Waals surface area contributed by atoms with Gasteiger partial charge in [-0.3, -0.25) is 9.59 Å². The standard InChI is InChI=1S/C21H17NO4/c1-13(23)17-10-19-20(26-12-25-19)11-18(17)22-21(24)9-14-6-7-15-4-2-3-5-16(15)8-14/h2-8,10-11H,9,12H2,1H3,(H,22,24). The third-order valence-corrected chi connectivity index (χ3v) is 4.34. The van der Waals surface area contributed by atoms with Crippen molar-refractivity contribution in [2.45, 2.75) is 13.3 Å². The van der Waals surface area contributed by atoms with Gasteiger partial charge in [-0.05, 0) is 29.3 Å². The van der Waals surface area contributed by atoms with Crippen molar-refractivity contribution in [3.63, 3.8) is 0 Å². The van der Waals surface area contributed by atoms with Gasteiger partial charge in [0.15, 0.2) is 17.3 Å². The van der Waals surface area contributed by atoms with E-state index in [0.717, 1.165) is 16.3 Å². The Morgan fingerprint density at radius 2 is 1.69 bits per heavy atom. The molecule has 0 aliphatic carbocycles. The molecule has 4 rings (SSSR count). The average Bonchev–Trinajstić information content (AvgIpc) is 3.08. The lowest BCUT2D eigenvalue weighted by Gasteiger charge is -2.11. The SMILES string of the molecule is CC(=O)c1cc2c(cc1NC(=O)Cc1ccc3ccccc3c1)OCO2. The molecule has 3 aromatic carbocycles. The smallest absolute Gasteiger partial charge is 0.231 e. The Balaban J connectivity index is 1.56. The molecule has 1 heterocycles. The van der Waals surface area contributed by atoms with E-state index in [9.17, 15) is 9.59 Å². The fraction of sp³-hybridized carbons (Fsp3) is 0.143. The zero-order chi connectivity index (χ0) is 18.1. The molecule has 0 saturated heterocycles. The van der Waals surface area contributed by atoms with Crippen LogP contribution < -0.4 is 14.8 Å². The molecule has 1 N–H and O–H groups in total. The summed E-state index contributed by atoms with van der Waals surface area (Å²) >= 11 is 0. The second-order valence-corrected chi connectivity index (χ2v) is 6.21. The molecular formula is C21H17NO4. The number of anilines is 1. The quantitative estimate of drug-likeness (QED) is 0.726. The van der Waals surface area contributed by atoms with Gasteiger partial charge >= 0.3 is 0 Å². The van der Waals surface area contributed by atoms with E-state index in [0.29, 0.717) is 22.7 Å². The monoisotopic (exact) mass is 347 g/mol. The van der Waals surface area contributed by atoms with E-state index >= 15 is 0 Å². The topological polar surface area (TPSA) is 64.6 Å². The maximum Gasteiger partial charge on any atom is 0.231 e. The third kappa shape index (κ3) is 3.11. The summed E-state index contributed by atoms with van der Waals surface area (Å²) < 4.78 is 10.6.